The molecular formula is C18H22N4O2S. The molecule has 1 aliphatic carbocycles. The Kier molecular flexibility index (Phi) is 4.52. The van der Waals surface area contributed by atoms with E-state index in [2.05, 4.69) is 10.1 Å². The van der Waals surface area contributed by atoms with Crippen LogP contribution in [0.3, 0.4) is 0 Å². The maximum Gasteiger partial charge on any atom is 0.259 e. The molecule has 1 saturated carbocycles. The summed E-state index contributed by atoms with van der Waals surface area (Å²) in [5.74, 6) is 1.68. The van der Waals surface area contributed by atoms with Crippen LogP contribution in [0.4, 0.5) is 0 Å². The molecule has 7 heteroatoms. The highest BCUT2D eigenvalue weighted by atomic mass is 32.2. The number of likely N-dealkylation sites (tertiary alicyclic amines) is 1. The minimum atomic E-state index is -0.435. The van der Waals surface area contributed by atoms with Crippen molar-refractivity contribution in [2.45, 2.75) is 42.5 Å². The van der Waals surface area contributed by atoms with Crippen LogP contribution in [0, 0.1) is 0 Å². The van der Waals surface area contributed by atoms with Gasteiger partial charge in [0.25, 0.3) is 5.89 Å². The van der Waals surface area contributed by atoms with Crippen LogP contribution >= 0.6 is 11.8 Å². The normalized spacial score (nSPS) is 19.0. The van der Waals surface area contributed by atoms with Crippen LogP contribution in [-0.4, -0.2) is 39.8 Å². The summed E-state index contributed by atoms with van der Waals surface area (Å²) < 4.78 is 5.47. The van der Waals surface area contributed by atoms with E-state index in [1.807, 2.05) is 29.2 Å². The second kappa shape index (κ2) is 6.80. The number of nitrogens with zero attached hydrogens (tertiary/aromatic N) is 3. The maximum atomic E-state index is 12.3. The van der Waals surface area contributed by atoms with Crippen LogP contribution in [0.25, 0.3) is 11.5 Å². The van der Waals surface area contributed by atoms with Crippen molar-refractivity contribution >= 4 is 17.7 Å². The van der Waals surface area contributed by atoms with Gasteiger partial charge in [-0.15, -0.1) is 11.8 Å². The summed E-state index contributed by atoms with van der Waals surface area (Å²) in [6, 6.07) is 7.83. The highest BCUT2D eigenvalue weighted by molar-refractivity contribution is 8.00. The fraction of sp³-hybridized carbons (Fsp3) is 0.500. The molecule has 2 aromatic rings. The van der Waals surface area contributed by atoms with Gasteiger partial charge in [-0.05, 0) is 44.2 Å². The van der Waals surface area contributed by atoms with Crippen molar-refractivity contribution in [1.29, 1.82) is 0 Å². The van der Waals surface area contributed by atoms with E-state index in [0.29, 0.717) is 17.5 Å². The lowest BCUT2D eigenvalue weighted by Gasteiger charge is -2.34. The Bertz CT molecular complexity index is 766. The van der Waals surface area contributed by atoms with Crippen LogP contribution < -0.4 is 5.73 Å². The number of rotatable bonds is 5. The first-order valence-corrected chi connectivity index (χ1v) is 9.77. The summed E-state index contributed by atoms with van der Waals surface area (Å²) in [7, 11) is 0. The predicted octanol–water partition coefficient (Wildman–Crippen LogP) is 2.79. The number of amides is 1. The van der Waals surface area contributed by atoms with Gasteiger partial charge in [-0.3, -0.25) is 4.79 Å². The summed E-state index contributed by atoms with van der Waals surface area (Å²) in [5.41, 5.74) is 6.71. The summed E-state index contributed by atoms with van der Waals surface area (Å²) in [4.78, 5) is 19.7. The molecule has 132 valence electrons. The van der Waals surface area contributed by atoms with Crippen LogP contribution in [0.15, 0.2) is 33.7 Å². The van der Waals surface area contributed by atoms with E-state index >= 15 is 0 Å². The largest absolute Gasteiger partial charge is 0.342 e. The van der Waals surface area contributed by atoms with Gasteiger partial charge in [0.2, 0.25) is 5.91 Å². The van der Waals surface area contributed by atoms with E-state index in [4.69, 9.17) is 10.3 Å². The Hall–Kier alpha value is -1.86. The van der Waals surface area contributed by atoms with Gasteiger partial charge in [-0.2, -0.15) is 4.98 Å². The number of hydrogen-bond acceptors (Lipinski definition) is 6. The van der Waals surface area contributed by atoms with E-state index in [1.165, 1.54) is 11.8 Å². The van der Waals surface area contributed by atoms with Gasteiger partial charge in [0, 0.05) is 18.0 Å². The quantitative estimate of drug-likeness (QED) is 0.827. The fourth-order valence-electron chi connectivity index (χ4n) is 3.28. The zero-order valence-corrected chi connectivity index (χ0v) is 14.9. The fourth-order valence-corrected chi connectivity index (χ4v) is 4.23. The van der Waals surface area contributed by atoms with Gasteiger partial charge in [-0.1, -0.05) is 17.3 Å². The van der Waals surface area contributed by atoms with Gasteiger partial charge in [0.05, 0.1) is 16.9 Å². The van der Waals surface area contributed by atoms with Crippen molar-refractivity contribution in [3.05, 3.63) is 30.1 Å². The molecule has 1 aromatic carbocycles. The molecule has 0 bridgehead atoms. The van der Waals surface area contributed by atoms with E-state index in [0.717, 1.165) is 55.7 Å². The molecule has 2 N–H and O–H groups in total. The van der Waals surface area contributed by atoms with Gasteiger partial charge < -0.3 is 15.2 Å². The van der Waals surface area contributed by atoms with Crippen LogP contribution in [0.1, 0.15) is 37.9 Å². The molecular weight excluding hydrogens is 336 g/mol. The lowest BCUT2D eigenvalue weighted by molar-refractivity contribution is -0.127. The third-order valence-electron chi connectivity index (χ3n) is 5.04. The molecule has 6 nitrogen and oxygen atoms in total. The number of carbonyl (C=O) groups is 1. The minimum Gasteiger partial charge on any atom is -0.342 e. The molecule has 4 rings (SSSR count). The van der Waals surface area contributed by atoms with E-state index in [1.54, 1.807) is 0 Å². The minimum absolute atomic E-state index is 0.193. The number of thioether (sulfide) groups is 1. The number of benzene rings is 1. The molecule has 1 amide bonds. The van der Waals surface area contributed by atoms with E-state index in [-0.39, 0.29) is 5.91 Å². The van der Waals surface area contributed by atoms with Gasteiger partial charge >= 0.3 is 0 Å². The third-order valence-corrected chi connectivity index (χ3v) is 6.10. The first kappa shape index (κ1) is 16.6. The van der Waals surface area contributed by atoms with Gasteiger partial charge in [0.1, 0.15) is 0 Å². The van der Waals surface area contributed by atoms with Crippen molar-refractivity contribution in [3.8, 4) is 11.5 Å². The highest BCUT2D eigenvalue weighted by Gasteiger charge is 2.39. The van der Waals surface area contributed by atoms with Crippen LogP contribution in [0.5, 0.6) is 0 Å². The standard InChI is InChI=1S/C18H22N4O2S/c19-18(8-5-9-18)17-20-16(24-21-17)13-6-1-2-7-14(13)25-12-15(23)22-10-3-4-11-22/h1-2,6-7H,3-5,8-12,19H2. The summed E-state index contributed by atoms with van der Waals surface area (Å²) in [6.45, 7) is 1.76. The number of aromatic nitrogens is 2. The molecule has 2 heterocycles. The average Bonchev–Trinajstić information content (AvgIpc) is 3.29. The SMILES string of the molecule is NC1(c2noc(-c3ccccc3SCC(=O)N3CCCC3)n2)CCC1. The number of nitrogens with two attached hydrogens (primary N) is 1. The average molecular weight is 358 g/mol. The summed E-state index contributed by atoms with van der Waals surface area (Å²) in [5, 5.41) is 4.09. The predicted molar refractivity (Wildman–Crippen MR) is 96.0 cm³/mol. The second-order valence-corrected chi connectivity index (χ2v) is 7.82. The van der Waals surface area contributed by atoms with Crippen molar-refractivity contribution < 1.29 is 9.32 Å². The van der Waals surface area contributed by atoms with Crippen molar-refractivity contribution in [2.75, 3.05) is 18.8 Å². The first-order chi connectivity index (χ1) is 12.2. The lowest BCUT2D eigenvalue weighted by atomic mass is 9.77. The molecule has 0 unspecified atom stereocenters. The molecule has 1 aliphatic heterocycles. The molecule has 0 atom stereocenters. The Balaban J connectivity index is 1.50. The first-order valence-electron chi connectivity index (χ1n) is 8.79. The Morgan fingerprint density at radius 2 is 2.00 bits per heavy atom. The van der Waals surface area contributed by atoms with E-state index < -0.39 is 5.54 Å². The summed E-state index contributed by atoms with van der Waals surface area (Å²) >= 11 is 1.52. The van der Waals surface area contributed by atoms with E-state index in [9.17, 15) is 4.79 Å². The molecule has 25 heavy (non-hydrogen) atoms. The number of hydrogen-bond donors (Lipinski definition) is 1. The third kappa shape index (κ3) is 3.30. The topological polar surface area (TPSA) is 85.2 Å². The zero-order valence-electron chi connectivity index (χ0n) is 14.1. The lowest BCUT2D eigenvalue weighted by Crippen LogP contribution is -2.44. The van der Waals surface area contributed by atoms with Gasteiger partial charge in [-0.25, -0.2) is 0 Å². The highest BCUT2D eigenvalue weighted by Crippen LogP contribution is 2.38. The Morgan fingerprint density at radius 1 is 1.24 bits per heavy atom. The van der Waals surface area contributed by atoms with Crippen molar-refractivity contribution in [2.24, 2.45) is 5.73 Å². The van der Waals surface area contributed by atoms with Crippen molar-refractivity contribution in [3.63, 3.8) is 0 Å². The zero-order chi connectivity index (χ0) is 17.3. The Labute approximate surface area is 151 Å². The molecule has 2 fully saturated rings. The second-order valence-electron chi connectivity index (χ2n) is 6.81. The molecule has 0 spiro atoms. The Morgan fingerprint density at radius 3 is 2.72 bits per heavy atom. The molecule has 2 aliphatic rings. The smallest absolute Gasteiger partial charge is 0.259 e. The maximum absolute atomic E-state index is 12.3. The molecule has 1 aromatic heterocycles. The van der Waals surface area contributed by atoms with Crippen molar-refractivity contribution in [1.82, 2.24) is 15.0 Å². The number of carbonyl (C=O) groups excluding carboxylic acids is 1. The van der Waals surface area contributed by atoms with Gasteiger partial charge in [0.15, 0.2) is 5.82 Å². The van der Waals surface area contributed by atoms with Crippen LogP contribution in [0.2, 0.25) is 0 Å². The van der Waals surface area contributed by atoms with Crippen LogP contribution in [-0.2, 0) is 10.3 Å². The molecule has 0 radical (unpaired) electrons. The molecule has 1 saturated heterocycles. The summed E-state index contributed by atoms with van der Waals surface area (Å²) in [6.07, 6.45) is 5.11. The monoisotopic (exact) mass is 358 g/mol.